The molecule has 88 valence electrons. The van der Waals surface area contributed by atoms with Crippen molar-refractivity contribution in [2.45, 2.75) is 18.8 Å². The van der Waals surface area contributed by atoms with Crippen molar-refractivity contribution in [2.75, 3.05) is 13.1 Å². The van der Waals surface area contributed by atoms with Crippen molar-refractivity contribution in [3.63, 3.8) is 0 Å². The summed E-state index contributed by atoms with van der Waals surface area (Å²) in [6, 6.07) is 15.2. The molecule has 1 heterocycles. The van der Waals surface area contributed by atoms with Crippen molar-refractivity contribution in [2.24, 2.45) is 0 Å². The van der Waals surface area contributed by atoms with E-state index in [2.05, 4.69) is 42.5 Å². The van der Waals surface area contributed by atoms with Gasteiger partial charge in [0.15, 0.2) is 0 Å². The second kappa shape index (κ2) is 4.47. The summed E-state index contributed by atoms with van der Waals surface area (Å²) >= 11 is 0. The molecule has 17 heavy (non-hydrogen) atoms. The fourth-order valence-electron chi connectivity index (χ4n) is 2.66. The highest BCUT2D eigenvalue weighted by Gasteiger charge is 2.19. The molecule has 2 aromatic carbocycles. The highest BCUT2D eigenvalue weighted by molar-refractivity contribution is 5.83. The monoisotopic (exact) mass is 227 g/mol. The normalized spacial score (nSPS) is 18.6. The van der Waals surface area contributed by atoms with E-state index in [1.165, 1.54) is 21.4 Å². The average molecular weight is 227 g/mol. The van der Waals surface area contributed by atoms with Crippen LogP contribution in [0.25, 0.3) is 10.8 Å². The molecule has 3 rings (SSSR count). The maximum atomic E-state index is 9.38. The van der Waals surface area contributed by atoms with Crippen molar-refractivity contribution in [1.29, 1.82) is 0 Å². The van der Waals surface area contributed by atoms with Crippen molar-refractivity contribution in [3.8, 4) is 0 Å². The van der Waals surface area contributed by atoms with Gasteiger partial charge in [-0.3, -0.25) is 0 Å². The van der Waals surface area contributed by atoms with Gasteiger partial charge in [0.1, 0.15) is 0 Å². The van der Waals surface area contributed by atoms with E-state index >= 15 is 0 Å². The van der Waals surface area contributed by atoms with Crippen LogP contribution in [0.15, 0.2) is 42.5 Å². The maximum Gasteiger partial charge on any atom is 0.0244 e. The first-order chi connectivity index (χ1) is 8.33. The van der Waals surface area contributed by atoms with Gasteiger partial charge in [-0.2, -0.15) is 5.06 Å². The van der Waals surface area contributed by atoms with Gasteiger partial charge >= 0.3 is 0 Å². The summed E-state index contributed by atoms with van der Waals surface area (Å²) in [5.41, 5.74) is 1.41. The van der Waals surface area contributed by atoms with Crippen molar-refractivity contribution in [3.05, 3.63) is 48.0 Å². The van der Waals surface area contributed by atoms with E-state index in [1.807, 2.05) is 0 Å². The predicted molar refractivity (Wildman–Crippen MR) is 69.3 cm³/mol. The Kier molecular flexibility index (Phi) is 2.83. The van der Waals surface area contributed by atoms with Crippen LogP contribution >= 0.6 is 0 Å². The largest absolute Gasteiger partial charge is 0.314 e. The zero-order valence-corrected chi connectivity index (χ0v) is 9.84. The van der Waals surface area contributed by atoms with E-state index in [0.29, 0.717) is 5.92 Å². The van der Waals surface area contributed by atoms with E-state index in [1.54, 1.807) is 0 Å². The Morgan fingerprint density at radius 1 is 0.941 bits per heavy atom. The Balaban J connectivity index is 1.90. The first kappa shape index (κ1) is 10.8. The second-order valence-electron chi connectivity index (χ2n) is 4.83. The van der Waals surface area contributed by atoms with Crippen LogP contribution in [-0.4, -0.2) is 23.4 Å². The van der Waals surface area contributed by atoms with E-state index < -0.39 is 0 Å². The van der Waals surface area contributed by atoms with Crippen LogP contribution in [0, 0.1) is 0 Å². The number of piperidine rings is 1. The number of hydrogen-bond donors (Lipinski definition) is 1. The smallest absolute Gasteiger partial charge is 0.0244 e. The van der Waals surface area contributed by atoms with Crippen LogP contribution in [-0.2, 0) is 0 Å². The SMILES string of the molecule is ON1CCC(c2ccc3ccccc3c2)CC1. The van der Waals surface area contributed by atoms with Crippen LogP contribution in [0.2, 0.25) is 0 Å². The topological polar surface area (TPSA) is 23.5 Å². The van der Waals surface area contributed by atoms with Crippen molar-refractivity contribution in [1.82, 2.24) is 5.06 Å². The lowest BCUT2D eigenvalue weighted by Crippen LogP contribution is -2.29. The number of hydrogen-bond acceptors (Lipinski definition) is 2. The molecule has 0 saturated carbocycles. The quantitative estimate of drug-likeness (QED) is 0.807. The standard InChI is InChI=1S/C15H17NO/c17-16-9-7-13(8-10-16)15-6-5-12-3-1-2-4-14(12)11-15/h1-6,11,13,17H,7-10H2. The number of benzene rings is 2. The molecule has 1 fully saturated rings. The van der Waals surface area contributed by atoms with Crippen LogP contribution in [0.1, 0.15) is 24.3 Å². The molecule has 0 radical (unpaired) electrons. The van der Waals surface area contributed by atoms with Gasteiger partial charge in [-0.05, 0) is 35.1 Å². The third-order valence-corrected chi connectivity index (χ3v) is 3.72. The van der Waals surface area contributed by atoms with Crippen molar-refractivity contribution < 1.29 is 5.21 Å². The Morgan fingerprint density at radius 2 is 1.65 bits per heavy atom. The van der Waals surface area contributed by atoms with Crippen LogP contribution in [0.5, 0.6) is 0 Å². The van der Waals surface area contributed by atoms with Crippen LogP contribution in [0.3, 0.4) is 0 Å². The second-order valence-corrected chi connectivity index (χ2v) is 4.83. The fraction of sp³-hybridized carbons (Fsp3) is 0.333. The zero-order chi connectivity index (χ0) is 11.7. The van der Waals surface area contributed by atoms with Gasteiger partial charge in [0.25, 0.3) is 0 Å². The molecule has 2 aromatic rings. The van der Waals surface area contributed by atoms with E-state index in [9.17, 15) is 5.21 Å². The molecule has 0 spiro atoms. The first-order valence-electron chi connectivity index (χ1n) is 6.25. The predicted octanol–water partition coefficient (Wildman–Crippen LogP) is 3.41. The number of fused-ring (bicyclic) bond motifs is 1. The third kappa shape index (κ3) is 2.19. The van der Waals surface area contributed by atoms with Gasteiger partial charge in [0, 0.05) is 13.1 Å². The molecule has 1 N–H and O–H groups in total. The summed E-state index contributed by atoms with van der Waals surface area (Å²) in [6.07, 6.45) is 2.10. The Bertz CT molecular complexity index is 515. The lowest BCUT2D eigenvalue weighted by Gasteiger charge is -2.27. The number of nitrogens with zero attached hydrogens (tertiary/aromatic N) is 1. The first-order valence-corrected chi connectivity index (χ1v) is 6.25. The molecule has 0 aliphatic carbocycles. The van der Waals surface area contributed by atoms with E-state index in [0.717, 1.165) is 25.9 Å². The summed E-state index contributed by atoms with van der Waals surface area (Å²) in [5, 5.41) is 13.4. The zero-order valence-electron chi connectivity index (χ0n) is 9.84. The Morgan fingerprint density at radius 3 is 2.41 bits per heavy atom. The minimum Gasteiger partial charge on any atom is -0.314 e. The van der Waals surface area contributed by atoms with Crippen LogP contribution < -0.4 is 0 Å². The van der Waals surface area contributed by atoms with Gasteiger partial charge < -0.3 is 5.21 Å². The molecule has 2 nitrogen and oxygen atoms in total. The molecule has 2 heteroatoms. The van der Waals surface area contributed by atoms with Gasteiger partial charge in [0.05, 0.1) is 0 Å². The Labute approximate surface area is 101 Å². The summed E-state index contributed by atoms with van der Waals surface area (Å²) in [4.78, 5) is 0. The average Bonchev–Trinajstić information content (AvgIpc) is 2.39. The molecular weight excluding hydrogens is 210 g/mol. The molecule has 0 atom stereocenters. The third-order valence-electron chi connectivity index (χ3n) is 3.72. The molecule has 1 aliphatic rings. The maximum absolute atomic E-state index is 9.38. The molecule has 1 aliphatic heterocycles. The minimum atomic E-state index is 0.600. The molecule has 1 saturated heterocycles. The minimum absolute atomic E-state index is 0.600. The van der Waals surface area contributed by atoms with E-state index in [-0.39, 0.29) is 0 Å². The number of hydroxylamine groups is 2. The van der Waals surface area contributed by atoms with E-state index in [4.69, 9.17) is 0 Å². The highest BCUT2D eigenvalue weighted by atomic mass is 16.5. The van der Waals surface area contributed by atoms with Gasteiger partial charge in [-0.1, -0.05) is 42.5 Å². The fourth-order valence-corrected chi connectivity index (χ4v) is 2.66. The van der Waals surface area contributed by atoms with Gasteiger partial charge in [-0.15, -0.1) is 0 Å². The molecule has 0 amide bonds. The molecule has 0 aromatic heterocycles. The summed E-state index contributed by atoms with van der Waals surface area (Å²) < 4.78 is 0. The highest BCUT2D eigenvalue weighted by Crippen LogP contribution is 2.29. The van der Waals surface area contributed by atoms with Crippen LogP contribution in [0.4, 0.5) is 0 Å². The lowest BCUT2D eigenvalue weighted by atomic mass is 9.89. The van der Waals surface area contributed by atoms with Crippen molar-refractivity contribution >= 4 is 10.8 Å². The molecule has 0 unspecified atom stereocenters. The lowest BCUT2D eigenvalue weighted by molar-refractivity contribution is -0.106. The summed E-state index contributed by atoms with van der Waals surface area (Å²) in [6.45, 7) is 1.58. The Hall–Kier alpha value is -1.38. The number of rotatable bonds is 1. The molecule has 0 bridgehead atoms. The summed E-state index contributed by atoms with van der Waals surface area (Å²) in [5.74, 6) is 0.600. The molecular formula is C15H17NO. The van der Waals surface area contributed by atoms with Gasteiger partial charge in [0.2, 0.25) is 0 Å². The van der Waals surface area contributed by atoms with Gasteiger partial charge in [-0.25, -0.2) is 0 Å². The summed E-state index contributed by atoms with van der Waals surface area (Å²) in [7, 11) is 0.